The van der Waals surface area contributed by atoms with Crippen molar-refractivity contribution < 1.29 is 32.3 Å². The topological polar surface area (TPSA) is 151 Å². The van der Waals surface area contributed by atoms with Crippen LogP contribution < -0.4 is 16.0 Å². The molecule has 0 radical (unpaired) electrons. The third-order valence-corrected chi connectivity index (χ3v) is 7.79. The minimum atomic E-state index is -3.19. The second kappa shape index (κ2) is 9.96. The molecule has 3 rings (SSSR count). The zero-order chi connectivity index (χ0) is 24.4. The lowest BCUT2D eigenvalue weighted by Crippen LogP contribution is -2.65. The van der Waals surface area contributed by atoms with Gasteiger partial charge >= 0.3 is 6.09 Å². The maximum atomic E-state index is 12.8. The summed E-state index contributed by atoms with van der Waals surface area (Å²) in [4.78, 5) is 48.5. The maximum Gasteiger partial charge on any atom is 0.408 e. The molecule has 0 unspecified atom stereocenters. The van der Waals surface area contributed by atoms with Crippen molar-refractivity contribution >= 4 is 34.2 Å². The first-order chi connectivity index (χ1) is 15.4. The Morgan fingerprint density at radius 3 is 2.45 bits per heavy atom. The third kappa shape index (κ3) is 6.44. The molecule has 33 heavy (non-hydrogen) atoms. The molecule has 0 aromatic rings. The number of carbonyl (C=O) groups is 4. The molecule has 3 aliphatic rings. The average Bonchev–Trinajstić information content (AvgIpc) is 3.04. The van der Waals surface area contributed by atoms with Gasteiger partial charge in [0.05, 0.1) is 12.3 Å². The van der Waals surface area contributed by atoms with Crippen LogP contribution in [0.5, 0.6) is 0 Å². The highest BCUT2D eigenvalue weighted by Crippen LogP contribution is 2.50. The van der Waals surface area contributed by atoms with Crippen molar-refractivity contribution in [1.82, 2.24) is 20.3 Å². The minimum Gasteiger partial charge on any atom is -0.446 e. The maximum absolute atomic E-state index is 12.8. The van der Waals surface area contributed by atoms with Gasteiger partial charge in [-0.1, -0.05) is 13.8 Å². The zero-order valence-corrected chi connectivity index (χ0v) is 20.2. The molecule has 0 aromatic heterocycles. The first-order valence-corrected chi connectivity index (χ1v) is 13.2. The molecule has 1 saturated carbocycles. The Kier molecular flexibility index (Phi) is 7.67. The number of nitrogens with zero attached hydrogens (tertiary/aromatic N) is 1. The largest absolute Gasteiger partial charge is 0.446 e. The van der Waals surface area contributed by atoms with Crippen molar-refractivity contribution in [3.63, 3.8) is 0 Å². The smallest absolute Gasteiger partial charge is 0.408 e. The van der Waals surface area contributed by atoms with Gasteiger partial charge in [0.1, 0.15) is 18.4 Å². The van der Waals surface area contributed by atoms with Crippen LogP contribution in [0.4, 0.5) is 4.79 Å². The number of amides is 3. The molecule has 2 aliphatic heterocycles. The first kappa shape index (κ1) is 25.4. The highest BCUT2D eigenvalue weighted by molar-refractivity contribution is 7.88. The Hall–Kier alpha value is -2.21. The van der Waals surface area contributed by atoms with Crippen LogP contribution >= 0.6 is 0 Å². The van der Waals surface area contributed by atoms with E-state index in [1.54, 1.807) is 0 Å². The number of nitrogens with one attached hydrogen (secondary N) is 3. The van der Waals surface area contributed by atoms with Gasteiger partial charge < -0.3 is 25.5 Å². The Bertz CT molecular complexity index is 877. The summed E-state index contributed by atoms with van der Waals surface area (Å²) >= 11 is 0. The highest BCUT2D eigenvalue weighted by atomic mass is 32.2. The summed E-state index contributed by atoms with van der Waals surface area (Å²) in [6.07, 6.45) is 3.12. The fraction of sp³-hybridized carbons (Fsp3) is 0.810. The summed E-state index contributed by atoms with van der Waals surface area (Å²) in [7, 11) is -3.19. The standard InChI is InChI=1S/C21H34N4O7S/c1-13(2)6-17(19(28)23-15(10-26)7-14-4-5-22-18(14)27)24-20(29)32-16-8-21(9-16)11-25(12-21)33(3,30)31/h10,13-17H,4-9,11-12H2,1-3H3,(H,22,27)(H,23,28)(H,24,29)/t14-,15+,17+/m1/s1. The molecule has 0 bridgehead atoms. The molecule has 3 N–H and O–H groups in total. The van der Waals surface area contributed by atoms with E-state index >= 15 is 0 Å². The quantitative estimate of drug-likeness (QED) is 0.361. The van der Waals surface area contributed by atoms with E-state index in [1.807, 2.05) is 13.8 Å². The van der Waals surface area contributed by atoms with Crippen molar-refractivity contribution in [2.75, 3.05) is 25.9 Å². The summed E-state index contributed by atoms with van der Waals surface area (Å²) in [6, 6.07) is -1.70. The fourth-order valence-corrected chi connectivity index (χ4v) is 5.84. The summed E-state index contributed by atoms with van der Waals surface area (Å²) in [5.41, 5.74) is -0.119. The first-order valence-electron chi connectivity index (χ1n) is 11.4. The molecule has 186 valence electrons. The lowest BCUT2D eigenvalue weighted by molar-refractivity contribution is -0.128. The van der Waals surface area contributed by atoms with Gasteiger partial charge in [0.15, 0.2) is 0 Å². The molecule has 3 fully saturated rings. The summed E-state index contributed by atoms with van der Waals surface area (Å²) in [5, 5.41) is 7.94. The monoisotopic (exact) mass is 486 g/mol. The number of aldehydes is 1. The van der Waals surface area contributed by atoms with Crippen LogP contribution in [0.1, 0.15) is 46.0 Å². The van der Waals surface area contributed by atoms with Gasteiger partial charge in [0, 0.05) is 31.0 Å². The zero-order valence-electron chi connectivity index (χ0n) is 19.3. The van der Waals surface area contributed by atoms with Gasteiger partial charge in [-0.05, 0) is 38.0 Å². The second-order valence-electron chi connectivity index (χ2n) is 10.1. The number of rotatable bonds is 10. The van der Waals surface area contributed by atoms with Crippen molar-refractivity contribution in [2.24, 2.45) is 17.3 Å². The summed E-state index contributed by atoms with van der Waals surface area (Å²) in [5.74, 6) is -0.844. The van der Waals surface area contributed by atoms with Crippen LogP contribution in [0.15, 0.2) is 0 Å². The van der Waals surface area contributed by atoms with E-state index in [9.17, 15) is 27.6 Å². The average molecular weight is 487 g/mol. The highest BCUT2D eigenvalue weighted by Gasteiger charge is 2.56. The molecule has 2 heterocycles. The van der Waals surface area contributed by atoms with Crippen LogP contribution in [0, 0.1) is 17.3 Å². The second-order valence-corrected chi connectivity index (χ2v) is 12.0. The molecule has 3 amide bonds. The number of sulfonamides is 1. The molecule has 1 aliphatic carbocycles. The van der Waals surface area contributed by atoms with Crippen LogP contribution in [-0.4, -0.2) is 81.0 Å². The normalized spacial score (nSPS) is 24.4. The third-order valence-electron chi connectivity index (χ3n) is 6.60. The van der Waals surface area contributed by atoms with Crippen molar-refractivity contribution in [3.05, 3.63) is 0 Å². The number of alkyl carbamates (subject to hydrolysis) is 1. The Morgan fingerprint density at radius 1 is 1.27 bits per heavy atom. The predicted octanol–water partition coefficient (Wildman–Crippen LogP) is -0.239. The van der Waals surface area contributed by atoms with Crippen LogP contribution in [0.3, 0.4) is 0 Å². The number of ether oxygens (including phenoxy) is 1. The number of hydrogen-bond acceptors (Lipinski definition) is 7. The molecule has 11 nitrogen and oxygen atoms in total. The van der Waals surface area contributed by atoms with Crippen molar-refractivity contribution in [1.29, 1.82) is 0 Å². The molecule has 2 saturated heterocycles. The van der Waals surface area contributed by atoms with Gasteiger partial charge in [-0.3, -0.25) is 9.59 Å². The number of carbonyl (C=O) groups excluding carboxylic acids is 4. The minimum absolute atomic E-state index is 0.0975. The molecule has 0 aromatic carbocycles. The summed E-state index contributed by atoms with van der Waals surface area (Å²) in [6.45, 7) is 5.26. The van der Waals surface area contributed by atoms with Gasteiger partial charge in [-0.15, -0.1) is 0 Å². The van der Waals surface area contributed by atoms with Crippen molar-refractivity contribution in [2.45, 2.75) is 64.1 Å². The SMILES string of the molecule is CC(C)C[C@H](NC(=O)OC1CC2(C1)CN(S(C)(=O)=O)C2)C(=O)N[C@H](C=O)C[C@H]1CCNC1=O. The van der Waals surface area contributed by atoms with Crippen molar-refractivity contribution in [3.8, 4) is 0 Å². The van der Waals surface area contributed by atoms with E-state index in [2.05, 4.69) is 16.0 Å². The van der Waals surface area contributed by atoms with E-state index in [1.165, 1.54) is 10.6 Å². The van der Waals surface area contributed by atoms with E-state index in [-0.39, 0.29) is 35.7 Å². The molecular weight excluding hydrogens is 452 g/mol. The van der Waals surface area contributed by atoms with E-state index < -0.39 is 34.1 Å². The Balaban J connectivity index is 1.47. The van der Waals surface area contributed by atoms with Crippen LogP contribution in [-0.2, 0) is 29.1 Å². The predicted molar refractivity (Wildman–Crippen MR) is 118 cm³/mol. The lowest BCUT2D eigenvalue weighted by Gasteiger charge is -2.57. The Labute approximate surface area is 194 Å². The lowest BCUT2D eigenvalue weighted by atomic mass is 9.63. The molecular formula is C21H34N4O7S. The van der Waals surface area contributed by atoms with E-state index in [0.29, 0.717) is 51.6 Å². The van der Waals surface area contributed by atoms with Gasteiger partial charge in [0.25, 0.3) is 0 Å². The Morgan fingerprint density at radius 2 is 1.94 bits per heavy atom. The van der Waals surface area contributed by atoms with E-state index in [4.69, 9.17) is 4.74 Å². The molecule has 1 spiro atoms. The fourth-order valence-electron chi connectivity index (χ4n) is 4.82. The number of hydrogen-bond donors (Lipinski definition) is 3. The van der Waals surface area contributed by atoms with Gasteiger partial charge in [-0.25, -0.2) is 17.5 Å². The summed E-state index contributed by atoms with van der Waals surface area (Å²) < 4.78 is 29.9. The van der Waals surface area contributed by atoms with Gasteiger partial charge in [0.2, 0.25) is 21.8 Å². The molecule has 3 atom stereocenters. The van der Waals surface area contributed by atoms with Crippen LogP contribution in [0.25, 0.3) is 0 Å². The molecule has 12 heteroatoms. The van der Waals surface area contributed by atoms with Crippen LogP contribution in [0.2, 0.25) is 0 Å². The van der Waals surface area contributed by atoms with Gasteiger partial charge in [-0.2, -0.15) is 0 Å². The van der Waals surface area contributed by atoms with E-state index in [0.717, 1.165) is 0 Å².